The van der Waals surface area contributed by atoms with E-state index in [0.29, 0.717) is 36.5 Å². The Labute approximate surface area is 197 Å². The maximum atomic E-state index is 13.7. The van der Waals surface area contributed by atoms with E-state index in [1.165, 1.54) is 0 Å². The highest BCUT2D eigenvalue weighted by atomic mass is 35.5. The third-order valence-electron chi connectivity index (χ3n) is 7.24. The van der Waals surface area contributed by atoms with E-state index >= 15 is 0 Å². The molecule has 3 fully saturated rings. The second-order valence-corrected chi connectivity index (χ2v) is 11.4. The standard InChI is InChI=1S/C23H30ClN3O4S/c1-22-10-11-23(32-22)17(16(22)19(29)25-2)21(31)27(12-6-3-7-13-28)18(23)20(30)26-15-9-5-4-8-14(15)24/h4-5,8-9,16-18,28H,3,6-7,10-13H2,1-2H3,(H,25,29)(H,26,30)/t16-,17+,18?,22+,23?/m1/s1. The van der Waals surface area contributed by atoms with Crippen LogP contribution < -0.4 is 10.6 Å². The topological polar surface area (TPSA) is 98.7 Å². The first-order valence-electron chi connectivity index (χ1n) is 11.2. The number of unbranched alkanes of at least 4 members (excludes halogenated alkanes) is 2. The Morgan fingerprint density at radius 2 is 1.97 bits per heavy atom. The van der Waals surface area contributed by atoms with E-state index in [0.717, 1.165) is 12.8 Å². The zero-order valence-corrected chi connectivity index (χ0v) is 20.0. The summed E-state index contributed by atoms with van der Waals surface area (Å²) < 4.78 is -1.00. The van der Waals surface area contributed by atoms with E-state index in [2.05, 4.69) is 10.6 Å². The van der Waals surface area contributed by atoms with Gasteiger partial charge in [0.25, 0.3) is 0 Å². The lowest BCUT2D eigenvalue weighted by Crippen LogP contribution is -2.52. The molecule has 32 heavy (non-hydrogen) atoms. The van der Waals surface area contributed by atoms with E-state index in [4.69, 9.17) is 16.7 Å². The van der Waals surface area contributed by atoms with Crippen LogP contribution in [0.4, 0.5) is 5.69 Å². The number of nitrogens with one attached hydrogen (secondary N) is 2. The van der Waals surface area contributed by atoms with Crippen LogP contribution in [-0.4, -0.2) is 63.5 Å². The number of amides is 3. The van der Waals surface area contributed by atoms with Crippen LogP contribution in [0.2, 0.25) is 5.02 Å². The number of aliphatic hydroxyl groups is 1. The molecule has 3 saturated heterocycles. The van der Waals surface area contributed by atoms with Gasteiger partial charge in [0.05, 0.1) is 27.3 Å². The van der Waals surface area contributed by atoms with Crippen molar-refractivity contribution in [2.75, 3.05) is 25.5 Å². The number of hydrogen-bond acceptors (Lipinski definition) is 5. The van der Waals surface area contributed by atoms with Gasteiger partial charge in [-0.25, -0.2) is 0 Å². The number of hydrogen-bond donors (Lipinski definition) is 3. The molecule has 4 rings (SSSR count). The minimum Gasteiger partial charge on any atom is -0.396 e. The van der Waals surface area contributed by atoms with Gasteiger partial charge >= 0.3 is 0 Å². The highest BCUT2D eigenvalue weighted by Crippen LogP contribution is 2.71. The van der Waals surface area contributed by atoms with Crippen LogP contribution in [0.3, 0.4) is 0 Å². The summed E-state index contributed by atoms with van der Waals surface area (Å²) in [5.74, 6) is -1.49. The number of likely N-dealkylation sites (tertiary alicyclic amines) is 1. The Morgan fingerprint density at radius 1 is 1.22 bits per heavy atom. The fraction of sp³-hybridized carbons (Fsp3) is 0.609. The predicted molar refractivity (Wildman–Crippen MR) is 126 cm³/mol. The molecule has 0 saturated carbocycles. The molecule has 1 aromatic rings. The molecule has 3 N–H and O–H groups in total. The number of para-hydroxylation sites is 1. The van der Waals surface area contributed by atoms with Gasteiger partial charge in [0.15, 0.2) is 0 Å². The molecule has 3 aliphatic heterocycles. The average Bonchev–Trinajstić information content (AvgIpc) is 3.33. The second-order valence-electron chi connectivity index (χ2n) is 9.13. The van der Waals surface area contributed by atoms with Crippen LogP contribution in [-0.2, 0) is 14.4 Å². The third-order valence-corrected chi connectivity index (χ3v) is 9.56. The summed E-state index contributed by atoms with van der Waals surface area (Å²) >= 11 is 7.92. The van der Waals surface area contributed by atoms with Crippen LogP contribution in [0.25, 0.3) is 0 Å². The zero-order chi connectivity index (χ0) is 23.1. The molecule has 3 amide bonds. The smallest absolute Gasteiger partial charge is 0.248 e. The van der Waals surface area contributed by atoms with Crippen LogP contribution >= 0.6 is 23.4 Å². The Hall–Kier alpha value is -1.77. The van der Waals surface area contributed by atoms with Crippen molar-refractivity contribution in [1.29, 1.82) is 0 Å². The van der Waals surface area contributed by atoms with Gasteiger partial charge in [-0.3, -0.25) is 14.4 Å². The summed E-state index contributed by atoms with van der Waals surface area (Å²) in [5, 5.41) is 15.2. The summed E-state index contributed by atoms with van der Waals surface area (Å²) in [5.41, 5.74) is 0.512. The van der Waals surface area contributed by atoms with Crippen molar-refractivity contribution in [3.8, 4) is 0 Å². The van der Waals surface area contributed by atoms with Crippen molar-refractivity contribution >= 4 is 46.8 Å². The van der Waals surface area contributed by atoms with Crippen molar-refractivity contribution in [3.63, 3.8) is 0 Å². The van der Waals surface area contributed by atoms with Crippen molar-refractivity contribution in [3.05, 3.63) is 29.3 Å². The molecule has 9 heteroatoms. The quantitative estimate of drug-likeness (QED) is 0.498. The molecule has 5 atom stereocenters. The van der Waals surface area contributed by atoms with Gasteiger partial charge in [-0.1, -0.05) is 23.7 Å². The fourth-order valence-electron chi connectivity index (χ4n) is 5.86. The number of anilines is 1. The van der Waals surface area contributed by atoms with E-state index in [1.54, 1.807) is 48.0 Å². The third kappa shape index (κ3) is 3.60. The van der Waals surface area contributed by atoms with Crippen LogP contribution in [0.1, 0.15) is 39.0 Å². The molecule has 3 aliphatic rings. The average molecular weight is 480 g/mol. The van der Waals surface area contributed by atoms with E-state index < -0.39 is 22.6 Å². The Morgan fingerprint density at radius 3 is 2.66 bits per heavy atom. The van der Waals surface area contributed by atoms with Gasteiger partial charge in [-0.2, -0.15) is 0 Å². The maximum absolute atomic E-state index is 13.7. The number of thioether (sulfide) groups is 1. The minimum absolute atomic E-state index is 0.101. The van der Waals surface area contributed by atoms with E-state index in [1.807, 2.05) is 6.92 Å². The Balaban J connectivity index is 1.69. The van der Waals surface area contributed by atoms with Gasteiger partial charge in [0.2, 0.25) is 17.7 Å². The van der Waals surface area contributed by atoms with Crippen LogP contribution in [0.15, 0.2) is 24.3 Å². The maximum Gasteiger partial charge on any atom is 0.248 e. The van der Waals surface area contributed by atoms with E-state index in [9.17, 15) is 14.4 Å². The number of halogens is 1. The Bertz CT molecular complexity index is 930. The van der Waals surface area contributed by atoms with Crippen molar-refractivity contribution in [2.45, 2.75) is 54.6 Å². The van der Waals surface area contributed by atoms with Crippen LogP contribution in [0.5, 0.6) is 0 Å². The van der Waals surface area contributed by atoms with Gasteiger partial charge < -0.3 is 20.6 Å². The molecule has 1 aromatic carbocycles. The molecular weight excluding hydrogens is 450 g/mol. The molecule has 1 spiro atoms. The number of aliphatic hydroxyl groups excluding tert-OH is 1. The molecule has 0 aliphatic carbocycles. The first-order valence-corrected chi connectivity index (χ1v) is 12.4. The summed E-state index contributed by atoms with van der Waals surface area (Å²) in [4.78, 5) is 41.9. The van der Waals surface area contributed by atoms with Gasteiger partial charge in [0.1, 0.15) is 6.04 Å². The largest absolute Gasteiger partial charge is 0.396 e. The number of carbonyl (C=O) groups is 3. The number of nitrogens with zero attached hydrogens (tertiary/aromatic N) is 1. The number of carbonyl (C=O) groups excluding carboxylic acids is 3. The first-order chi connectivity index (χ1) is 15.3. The summed E-state index contributed by atoms with van der Waals surface area (Å²) in [6.07, 6.45) is 3.61. The first kappa shape index (κ1) is 23.4. The van der Waals surface area contributed by atoms with Gasteiger partial charge in [0, 0.05) is 24.9 Å². The molecule has 3 heterocycles. The lowest BCUT2D eigenvalue weighted by atomic mass is 9.66. The second kappa shape index (κ2) is 8.88. The molecule has 2 bridgehead atoms. The molecular formula is C23H30ClN3O4S. The van der Waals surface area contributed by atoms with Crippen molar-refractivity contribution in [1.82, 2.24) is 10.2 Å². The molecule has 7 nitrogen and oxygen atoms in total. The van der Waals surface area contributed by atoms with Crippen molar-refractivity contribution < 1.29 is 19.5 Å². The van der Waals surface area contributed by atoms with E-state index in [-0.39, 0.29) is 29.1 Å². The fourth-order valence-corrected chi connectivity index (χ4v) is 8.40. The monoisotopic (exact) mass is 479 g/mol. The molecule has 174 valence electrons. The van der Waals surface area contributed by atoms with Gasteiger partial charge in [-0.15, -0.1) is 11.8 Å². The molecule has 0 radical (unpaired) electrons. The minimum atomic E-state index is -0.674. The molecule has 0 aromatic heterocycles. The van der Waals surface area contributed by atoms with Crippen molar-refractivity contribution in [2.24, 2.45) is 11.8 Å². The highest BCUT2D eigenvalue weighted by Gasteiger charge is 2.76. The Kier molecular flexibility index (Phi) is 6.49. The SMILES string of the molecule is CNC(=O)[C@H]1[C@H]2C(=O)N(CCCCCO)C(C(=O)Nc3ccccc3Cl)C23CC[C@]1(C)S3. The number of fused-ring (bicyclic) bond motifs is 1. The summed E-state index contributed by atoms with van der Waals surface area (Å²) in [7, 11) is 1.60. The number of rotatable bonds is 8. The lowest BCUT2D eigenvalue weighted by Gasteiger charge is -2.34. The van der Waals surface area contributed by atoms with Crippen LogP contribution in [0, 0.1) is 11.8 Å². The summed E-state index contributed by atoms with van der Waals surface area (Å²) in [6, 6.07) is 6.37. The predicted octanol–water partition coefficient (Wildman–Crippen LogP) is 2.67. The zero-order valence-electron chi connectivity index (χ0n) is 18.4. The normalized spacial score (nSPS) is 32.8. The molecule has 2 unspecified atom stereocenters. The van der Waals surface area contributed by atoms with Gasteiger partial charge in [-0.05, 0) is 51.2 Å². The number of benzene rings is 1. The summed E-state index contributed by atoms with van der Waals surface area (Å²) in [6.45, 7) is 2.58. The lowest BCUT2D eigenvalue weighted by molar-refractivity contribution is -0.140. The highest BCUT2D eigenvalue weighted by molar-refractivity contribution is 8.02.